The lowest BCUT2D eigenvalue weighted by Crippen LogP contribution is -2.44. The lowest BCUT2D eigenvalue weighted by molar-refractivity contribution is -0.125. The third-order valence-corrected chi connectivity index (χ3v) is 3.92. The van der Waals surface area contributed by atoms with E-state index in [-0.39, 0.29) is 11.9 Å². The first-order chi connectivity index (χ1) is 9.26. The first-order valence-corrected chi connectivity index (χ1v) is 6.97. The molecule has 1 saturated heterocycles. The van der Waals surface area contributed by atoms with E-state index in [2.05, 4.69) is 22.3 Å². The molecule has 3 N–H and O–H groups in total. The van der Waals surface area contributed by atoms with E-state index in [9.17, 15) is 4.79 Å². The summed E-state index contributed by atoms with van der Waals surface area (Å²) in [4.78, 5) is 14.1. The molecule has 0 aliphatic carbocycles. The molecule has 1 heterocycles. The summed E-state index contributed by atoms with van der Waals surface area (Å²) in [6.07, 6.45) is 2.04. The molecule has 1 amide bonds. The highest BCUT2D eigenvalue weighted by molar-refractivity contribution is 5.81. The number of carbonyl (C=O) groups excluding carboxylic acids is 1. The number of nitrogens with zero attached hydrogens (tertiary/aromatic N) is 1. The molecule has 1 fully saturated rings. The number of likely N-dealkylation sites (tertiary alicyclic amines) is 1. The first-order valence-electron chi connectivity index (χ1n) is 6.97. The molecule has 2 atom stereocenters. The molecule has 0 aromatic heterocycles. The van der Waals surface area contributed by atoms with E-state index < -0.39 is 0 Å². The van der Waals surface area contributed by atoms with Crippen molar-refractivity contribution in [1.29, 1.82) is 0 Å². The van der Waals surface area contributed by atoms with Gasteiger partial charge in [-0.1, -0.05) is 30.3 Å². The highest BCUT2D eigenvalue weighted by Gasteiger charge is 2.31. The van der Waals surface area contributed by atoms with Gasteiger partial charge >= 0.3 is 0 Å². The Hall–Kier alpha value is -1.39. The number of amides is 1. The van der Waals surface area contributed by atoms with Crippen LogP contribution in [0.2, 0.25) is 0 Å². The zero-order valence-corrected chi connectivity index (χ0v) is 11.5. The Morgan fingerprint density at radius 1 is 1.47 bits per heavy atom. The average Bonchev–Trinajstić information content (AvgIpc) is 2.93. The second-order valence-corrected chi connectivity index (χ2v) is 5.11. The summed E-state index contributed by atoms with van der Waals surface area (Å²) in [5.74, 6) is 0.424. The van der Waals surface area contributed by atoms with Gasteiger partial charge in [0, 0.05) is 26.1 Å². The van der Waals surface area contributed by atoms with Crippen LogP contribution in [0.5, 0.6) is 0 Å². The number of nitrogens with two attached hydrogens (primary N) is 1. The van der Waals surface area contributed by atoms with Crippen molar-refractivity contribution in [2.24, 2.45) is 5.73 Å². The van der Waals surface area contributed by atoms with Gasteiger partial charge in [0.05, 0.1) is 6.04 Å². The average molecular weight is 261 g/mol. The number of nitrogens with one attached hydrogen (secondary N) is 1. The van der Waals surface area contributed by atoms with Gasteiger partial charge in [-0.25, -0.2) is 0 Å². The molecule has 0 radical (unpaired) electrons. The maximum Gasteiger partial charge on any atom is 0.237 e. The number of hydrogen-bond acceptors (Lipinski definition) is 3. The van der Waals surface area contributed by atoms with Gasteiger partial charge in [0.15, 0.2) is 0 Å². The van der Waals surface area contributed by atoms with E-state index in [0.717, 1.165) is 25.9 Å². The van der Waals surface area contributed by atoms with Crippen LogP contribution in [0, 0.1) is 0 Å². The van der Waals surface area contributed by atoms with Crippen molar-refractivity contribution in [2.45, 2.75) is 24.8 Å². The lowest BCUT2D eigenvalue weighted by Gasteiger charge is -2.27. The standard InChI is InChI=1S/C15H23N3O/c1-17-15(19)14-8-5-9-18(14)11-13(10-16)12-6-3-2-4-7-12/h2-4,6-7,13-14H,5,8-11,16H2,1H3,(H,17,19). The Morgan fingerprint density at radius 3 is 2.84 bits per heavy atom. The van der Waals surface area contributed by atoms with E-state index >= 15 is 0 Å². The van der Waals surface area contributed by atoms with Gasteiger partial charge in [-0.3, -0.25) is 9.69 Å². The van der Waals surface area contributed by atoms with Crippen molar-refractivity contribution in [3.8, 4) is 0 Å². The van der Waals surface area contributed by atoms with Crippen LogP contribution in [-0.2, 0) is 4.79 Å². The molecule has 1 aromatic rings. The minimum atomic E-state index is 0.0164. The van der Waals surface area contributed by atoms with Crippen LogP contribution >= 0.6 is 0 Å². The Balaban J connectivity index is 2.04. The predicted octanol–water partition coefficient (Wildman–Crippen LogP) is 0.939. The van der Waals surface area contributed by atoms with Gasteiger partial charge in [-0.15, -0.1) is 0 Å². The van der Waals surface area contributed by atoms with Crippen molar-refractivity contribution in [2.75, 3.05) is 26.7 Å². The zero-order chi connectivity index (χ0) is 13.7. The van der Waals surface area contributed by atoms with Gasteiger partial charge in [0.1, 0.15) is 0 Å². The van der Waals surface area contributed by atoms with E-state index in [1.54, 1.807) is 7.05 Å². The van der Waals surface area contributed by atoms with Crippen molar-refractivity contribution >= 4 is 5.91 Å². The predicted molar refractivity (Wildman–Crippen MR) is 76.9 cm³/mol. The Labute approximate surface area is 115 Å². The largest absolute Gasteiger partial charge is 0.358 e. The number of benzene rings is 1. The van der Waals surface area contributed by atoms with Crippen LogP contribution in [0.3, 0.4) is 0 Å². The molecule has 1 aliphatic rings. The third kappa shape index (κ3) is 3.33. The van der Waals surface area contributed by atoms with Crippen molar-refractivity contribution in [3.05, 3.63) is 35.9 Å². The van der Waals surface area contributed by atoms with Crippen LogP contribution < -0.4 is 11.1 Å². The minimum absolute atomic E-state index is 0.0164. The molecule has 0 bridgehead atoms. The molecule has 2 unspecified atom stereocenters. The van der Waals surface area contributed by atoms with Crippen LogP contribution in [0.4, 0.5) is 0 Å². The van der Waals surface area contributed by atoms with Crippen LogP contribution in [-0.4, -0.2) is 43.5 Å². The third-order valence-electron chi connectivity index (χ3n) is 3.92. The molecular formula is C15H23N3O. The second kappa shape index (κ2) is 6.68. The fraction of sp³-hybridized carbons (Fsp3) is 0.533. The molecule has 0 spiro atoms. The van der Waals surface area contributed by atoms with Gasteiger partial charge < -0.3 is 11.1 Å². The molecule has 0 saturated carbocycles. The maximum absolute atomic E-state index is 11.8. The van der Waals surface area contributed by atoms with Crippen LogP contribution in [0.25, 0.3) is 0 Å². The zero-order valence-electron chi connectivity index (χ0n) is 11.5. The van der Waals surface area contributed by atoms with Crippen LogP contribution in [0.15, 0.2) is 30.3 Å². The summed E-state index contributed by atoms with van der Waals surface area (Å²) in [5, 5.41) is 2.76. The molecule has 1 aliphatic heterocycles. The fourth-order valence-electron chi connectivity index (χ4n) is 2.83. The minimum Gasteiger partial charge on any atom is -0.358 e. The monoisotopic (exact) mass is 261 g/mol. The van der Waals surface area contributed by atoms with E-state index in [1.165, 1.54) is 5.56 Å². The molecule has 19 heavy (non-hydrogen) atoms. The molecular weight excluding hydrogens is 238 g/mol. The van der Waals surface area contributed by atoms with Crippen molar-refractivity contribution < 1.29 is 4.79 Å². The highest BCUT2D eigenvalue weighted by Crippen LogP contribution is 2.23. The smallest absolute Gasteiger partial charge is 0.237 e. The molecule has 4 heteroatoms. The Bertz CT molecular complexity index is 407. The SMILES string of the molecule is CNC(=O)C1CCCN1CC(CN)c1ccccc1. The second-order valence-electron chi connectivity index (χ2n) is 5.11. The highest BCUT2D eigenvalue weighted by atomic mass is 16.2. The Morgan fingerprint density at radius 2 is 2.21 bits per heavy atom. The fourth-order valence-corrected chi connectivity index (χ4v) is 2.83. The van der Waals surface area contributed by atoms with Gasteiger partial charge in [0.25, 0.3) is 0 Å². The summed E-state index contributed by atoms with van der Waals surface area (Å²) >= 11 is 0. The van der Waals surface area contributed by atoms with E-state index in [0.29, 0.717) is 12.5 Å². The Kier molecular flexibility index (Phi) is 4.93. The summed E-state index contributed by atoms with van der Waals surface area (Å²) in [7, 11) is 1.70. The van der Waals surface area contributed by atoms with Crippen molar-refractivity contribution in [3.63, 3.8) is 0 Å². The maximum atomic E-state index is 11.8. The van der Waals surface area contributed by atoms with Crippen LogP contribution in [0.1, 0.15) is 24.3 Å². The number of carbonyl (C=O) groups is 1. The van der Waals surface area contributed by atoms with E-state index in [4.69, 9.17) is 5.73 Å². The normalized spacial score (nSPS) is 21.3. The quantitative estimate of drug-likeness (QED) is 0.829. The topological polar surface area (TPSA) is 58.4 Å². The van der Waals surface area contributed by atoms with Crippen molar-refractivity contribution in [1.82, 2.24) is 10.2 Å². The molecule has 2 rings (SSSR count). The molecule has 104 valence electrons. The number of rotatable bonds is 5. The number of hydrogen-bond donors (Lipinski definition) is 2. The summed E-state index contributed by atoms with van der Waals surface area (Å²) in [5.41, 5.74) is 7.17. The summed E-state index contributed by atoms with van der Waals surface area (Å²) in [6, 6.07) is 10.3. The summed E-state index contributed by atoms with van der Waals surface area (Å²) in [6.45, 7) is 2.46. The van der Waals surface area contributed by atoms with Gasteiger partial charge in [0.2, 0.25) is 5.91 Å². The lowest BCUT2D eigenvalue weighted by atomic mass is 9.98. The number of likely N-dealkylation sites (N-methyl/N-ethyl adjacent to an activating group) is 1. The van der Waals surface area contributed by atoms with Gasteiger partial charge in [-0.05, 0) is 24.9 Å². The first kappa shape index (κ1) is 14.0. The molecule has 4 nitrogen and oxygen atoms in total. The molecule has 1 aromatic carbocycles. The van der Waals surface area contributed by atoms with E-state index in [1.807, 2.05) is 18.2 Å². The summed E-state index contributed by atoms with van der Waals surface area (Å²) < 4.78 is 0. The van der Waals surface area contributed by atoms with Gasteiger partial charge in [-0.2, -0.15) is 0 Å².